The van der Waals surface area contributed by atoms with Gasteiger partial charge in [-0.1, -0.05) is 20.3 Å². The summed E-state index contributed by atoms with van der Waals surface area (Å²) in [6.45, 7) is 5.43. The van der Waals surface area contributed by atoms with Crippen molar-refractivity contribution in [2.75, 3.05) is 11.9 Å². The van der Waals surface area contributed by atoms with Crippen LogP contribution in [0.3, 0.4) is 0 Å². The van der Waals surface area contributed by atoms with Gasteiger partial charge in [-0.25, -0.2) is 4.98 Å². The number of halogens is 3. The van der Waals surface area contributed by atoms with Gasteiger partial charge >= 0.3 is 6.18 Å². The minimum atomic E-state index is -4.63. The van der Waals surface area contributed by atoms with Gasteiger partial charge in [-0.15, -0.1) is 5.10 Å². The summed E-state index contributed by atoms with van der Waals surface area (Å²) >= 11 is 0. The zero-order valence-electron chi connectivity index (χ0n) is 12.5. The van der Waals surface area contributed by atoms with E-state index in [0.717, 1.165) is 10.9 Å². The molecule has 0 amide bonds. The molecule has 2 heterocycles. The molecule has 2 aromatic heterocycles. The number of aryl methyl sites for hydroxylation is 1. The van der Waals surface area contributed by atoms with E-state index in [1.165, 1.54) is 0 Å². The number of aliphatic hydroxyl groups excluding tert-OH is 1. The first-order chi connectivity index (χ1) is 10.3. The lowest BCUT2D eigenvalue weighted by Crippen LogP contribution is -2.31. The van der Waals surface area contributed by atoms with E-state index in [2.05, 4.69) is 20.4 Å². The lowest BCUT2D eigenvalue weighted by atomic mass is 10.00. The summed E-state index contributed by atoms with van der Waals surface area (Å²) in [6, 6.07) is 1.28. The molecule has 2 unspecified atom stereocenters. The molecule has 0 saturated heterocycles. The highest BCUT2D eigenvalue weighted by Crippen LogP contribution is 2.27. The van der Waals surface area contributed by atoms with Gasteiger partial charge in [0.25, 0.3) is 11.6 Å². The van der Waals surface area contributed by atoms with Gasteiger partial charge in [0.1, 0.15) is 5.82 Å². The molecule has 22 heavy (non-hydrogen) atoms. The number of anilines is 1. The molecule has 0 fully saturated rings. The maximum Gasteiger partial charge on any atom is 0.453 e. The Bertz CT molecular complexity index is 655. The number of alkyl halides is 3. The number of hydrogen-bond donors (Lipinski definition) is 2. The van der Waals surface area contributed by atoms with Gasteiger partial charge in [-0.05, 0) is 12.8 Å². The molecule has 0 radical (unpaired) electrons. The van der Waals surface area contributed by atoms with E-state index < -0.39 is 12.0 Å². The normalized spacial score (nSPS) is 15.0. The predicted octanol–water partition coefficient (Wildman–Crippen LogP) is 2.27. The fraction of sp³-hybridized carbons (Fsp3) is 0.615. The van der Waals surface area contributed by atoms with Crippen LogP contribution in [-0.2, 0) is 6.18 Å². The lowest BCUT2D eigenvalue weighted by molar-refractivity contribution is -0.144. The third-order valence-corrected chi connectivity index (χ3v) is 3.55. The Morgan fingerprint density at radius 2 is 2.05 bits per heavy atom. The highest BCUT2D eigenvalue weighted by Gasteiger charge is 2.37. The molecule has 2 aromatic rings. The molecule has 0 aliphatic rings. The minimum Gasteiger partial charge on any atom is -0.394 e. The van der Waals surface area contributed by atoms with E-state index in [1.807, 2.05) is 13.8 Å². The summed E-state index contributed by atoms with van der Waals surface area (Å²) < 4.78 is 39.2. The van der Waals surface area contributed by atoms with Crippen LogP contribution in [0.4, 0.5) is 19.0 Å². The summed E-state index contributed by atoms with van der Waals surface area (Å²) in [5.74, 6) is -0.905. The predicted molar refractivity (Wildman–Crippen MR) is 74.5 cm³/mol. The van der Waals surface area contributed by atoms with E-state index in [9.17, 15) is 18.3 Å². The zero-order chi connectivity index (χ0) is 16.5. The number of rotatable bonds is 5. The lowest BCUT2D eigenvalue weighted by Gasteiger charge is -2.23. The van der Waals surface area contributed by atoms with Crippen LogP contribution in [0.5, 0.6) is 0 Å². The van der Waals surface area contributed by atoms with E-state index in [0.29, 0.717) is 11.5 Å². The maximum absolute atomic E-state index is 12.7. The second-order valence-corrected chi connectivity index (χ2v) is 5.25. The molecule has 0 aliphatic heterocycles. The molecule has 0 bridgehead atoms. The minimum absolute atomic E-state index is 0.129. The van der Waals surface area contributed by atoms with Crippen LogP contribution in [0.2, 0.25) is 0 Å². The maximum atomic E-state index is 12.7. The second kappa shape index (κ2) is 6.07. The number of hydrogen-bond acceptors (Lipinski definition) is 5. The molecule has 0 aliphatic carbocycles. The van der Waals surface area contributed by atoms with Crippen LogP contribution in [0.1, 0.15) is 31.8 Å². The van der Waals surface area contributed by atoms with Gasteiger partial charge in [0.05, 0.1) is 12.6 Å². The van der Waals surface area contributed by atoms with Gasteiger partial charge in [-0.3, -0.25) is 0 Å². The first kappa shape index (κ1) is 16.5. The Morgan fingerprint density at radius 1 is 1.36 bits per heavy atom. The van der Waals surface area contributed by atoms with Crippen molar-refractivity contribution < 1.29 is 18.3 Å². The molecular formula is C13H18F3N5O. The third-order valence-electron chi connectivity index (χ3n) is 3.55. The summed E-state index contributed by atoms with van der Waals surface area (Å²) in [5.41, 5.74) is 0.511. The van der Waals surface area contributed by atoms with Gasteiger partial charge in [0.15, 0.2) is 0 Å². The van der Waals surface area contributed by atoms with Crippen molar-refractivity contribution >= 4 is 11.6 Å². The van der Waals surface area contributed by atoms with Crippen molar-refractivity contribution in [1.82, 2.24) is 19.6 Å². The zero-order valence-corrected chi connectivity index (χ0v) is 12.5. The molecule has 0 aromatic carbocycles. The molecule has 0 spiro atoms. The first-order valence-electron chi connectivity index (χ1n) is 6.95. The number of aliphatic hydroxyl groups is 1. The fourth-order valence-electron chi connectivity index (χ4n) is 2.05. The molecule has 0 saturated carbocycles. The van der Waals surface area contributed by atoms with E-state index >= 15 is 0 Å². The summed E-state index contributed by atoms with van der Waals surface area (Å²) in [4.78, 5) is 7.37. The number of aromatic nitrogens is 4. The topological polar surface area (TPSA) is 75.3 Å². The van der Waals surface area contributed by atoms with Crippen molar-refractivity contribution in [2.24, 2.45) is 5.92 Å². The molecule has 122 valence electrons. The van der Waals surface area contributed by atoms with Crippen molar-refractivity contribution in [3.63, 3.8) is 0 Å². The van der Waals surface area contributed by atoms with E-state index in [-0.39, 0.29) is 24.3 Å². The van der Waals surface area contributed by atoms with Crippen LogP contribution in [0.25, 0.3) is 5.78 Å². The highest BCUT2D eigenvalue weighted by atomic mass is 19.4. The molecule has 2 atom stereocenters. The van der Waals surface area contributed by atoms with Crippen molar-refractivity contribution in [3.05, 3.63) is 17.6 Å². The molecular weight excluding hydrogens is 299 g/mol. The summed E-state index contributed by atoms with van der Waals surface area (Å²) in [6.07, 6.45) is -3.82. The Balaban J connectivity index is 2.46. The van der Waals surface area contributed by atoms with Gasteiger partial charge in [0.2, 0.25) is 0 Å². The Labute approximate surface area is 125 Å². The van der Waals surface area contributed by atoms with E-state index in [1.54, 1.807) is 13.0 Å². The number of nitrogens with one attached hydrogen (secondary N) is 1. The van der Waals surface area contributed by atoms with Crippen LogP contribution in [0.15, 0.2) is 6.07 Å². The van der Waals surface area contributed by atoms with E-state index in [4.69, 9.17) is 0 Å². The fourth-order valence-corrected chi connectivity index (χ4v) is 2.05. The average Bonchev–Trinajstić information content (AvgIpc) is 2.87. The Morgan fingerprint density at radius 3 is 2.59 bits per heavy atom. The quantitative estimate of drug-likeness (QED) is 0.885. The smallest absolute Gasteiger partial charge is 0.394 e. The monoisotopic (exact) mass is 317 g/mol. The standard InChI is InChI=1S/C13H18F3N5O/c1-4-7(2)9(6-22)18-10-5-8(3)17-12-19-11(13(14,15)16)20-21(10)12/h5,7,9,18,22H,4,6H2,1-3H3. The summed E-state index contributed by atoms with van der Waals surface area (Å²) in [5, 5.41) is 16.0. The number of fused-ring (bicyclic) bond motifs is 1. The van der Waals surface area contributed by atoms with Crippen LogP contribution in [-0.4, -0.2) is 37.3 Å². The van der Waals surface area contributed by atoms with Crippen molar-refractivity contribution in [3.8, 4) is 0 Å². The van der Waals surface area contributed by atoms with Crippen LogP contribution in [0, 0.1) is 12.8 Å². The Hall–Kier alpha value is -1.90. The molecule has 2 rings (SSSR count). The van der Waals surface area contributed by atoms with Gasteiger partial charge < -0.3 is 10.4 Å². The third kappa shape index (κ3) is 3.29. The van der Waals surface area contributed by atoms with Gasteiger partial charge in [0, 0.05) is 11.8 Å². The van der Waals surface area contributed by atoms with Crippen molar-refractivity contribution in [1.29, 1.82) is 0 Å². The summed E-state index contributed by atoms with van der Waals surface area (Å²) in [7, 11) is 0. The Kier molecular flexibility index (Phi) is 4.55. The van der Waals surface area contributed by atoms with Gasteiger partial charge in [-0.2, -0.15) is 22.7 Å². The highest BCUT2D eigenvalue weighted by molar-refractivity contribution is 5.46. The van der Waals surface area contributed by atoms with Crippen molar-refractivity contribution in [2.45, 2.75) is 39.4 Å². The molecule has 9 heteroatoms. The SMILES string of the molecule is CCC(C)C(CO)Nc1cc(C)nc2nc(C(F)(F)F)nn12. The average molecular weight is 317 g/mol. The first-order valence-corrected chi connectivity index (χ1v) is 6.95. The molecule has 2 N–H and O–H groups in total. The van der Waals surface area contributed by atoms with Crippen LogP contribution >= 0.6 is 0 Å². The van der Waals surface area contributed by atoms with Crippen LogP contribution < -0.4 is 5.32 Å². The molecule has 6 nitrogen and oxygen atoms in total. The second-order valence-electron chi connectivity index (χ2n) is 5.25. The number of nitrogens with zero attached hydrogens (tertiary/aromatic N) is 4. The largest absolute Gasteiger partial charge is 0.453 e.